The Labute approximate surface area is 211 Å². The van der Waals surface area contributed by atoms with Crippen LogP contribution < -0.4 is 5.32 Å². The molecule has 0 spiro atoms. The average molecular weight is 519 g/mol. The van der Waals surface area contributed by atoms with Gasteiger partial charge in [-0.3, -0.25) is 14.5 Å². The maximum Gasteiger partial charge on any atom is 0.243 e. The molecule has 1 aromatic carbocycles. The number of amides is 2. The normalized spacial score (nSPS) is 27.1. The Hall–Kier alpha value is -2.15. The minimum atomic E-state index is -3.75. The third-order valence-electron chi connectivity index (χ3n) is 8.05. The van der Waals surface area contributed by atoms with Crippen molar-refractivity contribution in [1.29, 1.82) is 5.26 Å². The number of nitrogens with zero attached hydrogens (tertiary/aromatic N) is 3. The molecular weight excluding hydrogens is 488 g/mol. The standard InChI is InChI=1S/C25H31ClN4O4S/c26-18-5-4-6-20(13-18)35(33,34)21-14-19(15-22(31)28-24(17-27)7-8-24)30(16-21)23(32)25(9-10-25)29-11-2-1-3-12-29/h4-6,13,19,21H,1-3,7-12,14-16H2,(H,28,31)/t19-,21-/m1/s1. The van der Waals surface area contributed by atoms with Crippen molar-refractivity contribution in [2.24, 2.45) is 0 Å². The van der Waals surface area contributed by atoms with Crippen LogP contribution in [0.5, 0.6) is 0 Å². The summed E-state index contributed by atoms with van der Waals surface area (Å²) in [6.45, 7) is 1.81. The van der Waals surface area contributed by atoms with Gasteiger partial charge in [-0.05, 0) is 76.2 Å². The lowest BCUT2D eigenvalue weighted by molar-refractivity contribution is -0.140. The first-order chi connectivity index (χ1) is 16.7. The fraction of sp³-hybridized carbons (Fsp3) is 0.640. The molecule has 0 aromatic heterocycles. The quantitative estimate of drug-likeness (QED) is 0.594. The number of carbonyl (C=O) groups is 2. The number of rotatable bonds is 7. The second kappa shape index (κ2) is 9.06. The zero-order valence-electron chi connectivity index (χ0n) is 19.7. The average Bonchev–Trinajstić information content (AvgIpc) is 3.77. The number of nitriles is 1. The van der Waals surface area contributed by atoms with Crippen molar-refractivity contribution in [1.82, 2.24) is 15.1 Å². The zero-order valence-corrected chi connectivity index (χ0v) is 21.3. The molecule has 10 heteroatoms. The van der Waals surface area contributed by atoms with E-state index in [1.54, 1.807) is 17.0 Å². The van der Waals surface area contributed by atoms with Gasteiger partial charge in [0.15, 0.2) is 9.84 Å². The lowest BCUT2D eigenvalue weighted by Gasteiger charge is -2.37. The highest BCUT2D eigenvalue weighted by atomic mass is 35.5. The van der Waals surface area contributed by atoms with E-state index < -0.39 is 32.2 Å². The summed E-state index contributed by atoms with van der Waals surface area (Å²) >= 11 is 6.06. The van der Waals surface area contributed by atoms with Gasteiger partial charge in [0.25, 0.3) is 0 Å². The van der Waals surface area contributed by atoms with Crippen molar-refractivity contribution in [2.75, 3.05) is 19.6 Å². The van der Waals surface area contributed by atoms with Crippen LogP contribution in [0.3, 0.4) is 0 Å². The van der Waals surface area contributed by atoms with Gasteiger partial charge in [-0.25, -0.2) is 8.42 Å². The van der Waals surface area contributed by atoms with Gasteiger partial charge < -0.3 is 10.2 Å². The number of nitrogens with one attached hydrogen (secondary N) is 1. The van der Waals surface area contributed by atoms with E-state index in [2.05, 4.69) is 16.3 Å². The lowest BCUT2D eigenvalue weighted by Crippen LogP contribution is -2.54. The Kier molecular flexibility index (Phi) is 6.35. The highest BCUT2D eigenvalue weighted by molar-refractivity contribution is 7.92. The molecule has 1 aromatic rings. The van der Waals surface area contributed by atoms with Crippen LogP contribution in [0.15, 0.2) is 29.2 Å². The molecule has 2 aliphatic carbocycles. The molecule has 2 aliphatic heterocycles. The Morgan fingerprint density at radius 1 is 1.14 bits per heavy atom. The number of sulfone groups is 1. The zero-order chi connectivity index (χ0) is 24.8. The van der Waals surface area contributed by atoms with Crippen LogP contribution in [-0.4, -0.2) is 72.0 Å². The summed E-state index contributed by atoms with van der Waals surface area (Å²) in [5, 5.41) is 11.7. The summed E-state index contributed by atoms with van der Waals surface area (Å²) in [5.41, 5.74) is -1.36. The molecule has 188 valence electrons. The lowest BCUT2D eigenvalue weighted by atomic mass is 10.0. The smallest absolute Gasteiger partial charge is 0.243 e. The first-order valence-corrected chi connectivity index (χ1v) is 14.4. The number of hydrogen-bond donors (Lipinski definition) is 1. The highest BCUT2D eigenvalue weighted by Crippen LogP contribution is 2.46. The molecule has 2 amide bonds. The van der Waals surface area contributed by atoms with Crippen molar-refractivity contribution in [3.05, 3.63) is 29.3 Å². The summed E-state index contributed by atoms with van der Waals surface area (Å²) in [5.74, 6) is -0.363. The number of carbonyl (C=O) groups excluding carboxylic acids is 2. The summed E-state index contributed by atoms with van der Waals surface area (Å²) in [6.07, 6.45) is 6.23. The topological polar surface area (TPSA) is 111 Å². The molecule has 2 saturated heterocycles. The summed E-state index contributed by atoms with van der Waals surface area (Å²) in [6, 6.07) is 7.80. The van der Waals surface area contributed by atoms with Crippen molar-refractivity contribution < 1.29 is 18.0 Å². The molecule has 4 aliphatic rings. The highest BCUT2D eigenvalue weighted by Gasteiger charge is 2.58. The monoisotopic (exact) mass is 518 g/mol. The SMILES string of the molecule is N#CC1(NC(=O)C[C@H]2C[C@@H](S(=O)(=O)c3cccc(Cl)c3)CN2C(=O)C2(N3CCCCC3)CC2)CC1. The molecule has 4 fully saturated rings. The van der Waals surface area contributed by atoms with Crippen LogP contribution in [0.25, 0.3) is 0 Å². The van der Waals surface area contributed by atoms with Crippen LogP contribution in [0, 0.1) is 11.3 Å². The van der Waals surface area contributed by atoms with Gasteiger partial charge in [0.1, 0.15) is 11.1 Å². The van der Waals surface area contributed by atoms with Crippen LogP contribution in [0.2, 0.25) is 5.02 Å². The Morgan fingerprint density at radius 2 is 1.86 bits per heavy atom. The molecule has 0 bridgehead atoms. The summed E-state index contributed by atoms with van der Waals surface area (Å²) < 4.78 is 27.0. The molecule has 0 unspecified atom stereocenters. The number of likely N-dealkylation sites (tertiary alicyclic amines) is 2. The van der Waals surface area contributed by atoms with Crippen LogP contribution >= 0.6 is 11.6 Å². The first-order valence-electron chi connectivity index (χ1n) is 12.5. The second-order valence-electron chi connectivity index (χ2n) is 10.5. The van der Waals surface area contributed by atoms with Crippen molar-refractivity contribution in [3.8, 4) is 6.07 Å². The summed E-state index contributed by atoms with van der Waals surface area (Å²) in [4.78, 5) is 30.8. The molecule has 2 heterocycles. The van der Waals surface area contributed by atoms with Crippen molar-refractivity contribution in [2.45, 2.75) is 85.1 Å². The molecule has 0 radical (unpaired) electrons. The number of halogens is 1. The minimum Gasteiger partial charge on any atom is -0.338 e. The third-order valence-corrected chi connectivity index (χ3v) is 10.4. The maximum absolute atomic E-state index is 13.9. The van der Waals surface area contributed by atoms with Gasteiger partial charge in [0, 0.05) is 24.0 Å². The maximum atomic E-state index is 13.9. The van der Waals surface area contributed by atoms with Crippen LogP contribution in [0.1, 0.15) is 57.8 Å². The predicted octanol–water partition coefficient (Wildman–Crippen LogP) is 2.66. The minimum absolute atomic E-state index is 0.00713. The molecule has 2 atom stereocenters. The molecule has 5 rings (SSSR count). The Bertz CT molecular complexity index is 1170. The van der Waals surface area contributed by atoms with Crippen LogP contribution in [-0.2, 0) is 19.4 Å². The number of benzene rings is 1. The van der Waals surface area contributed by atoms with E-state index in [0.717, 1.165) is 45.2 Å². The van der Waals surface area contributed by atoms with Gasteiger partial charge >= 0.3 is 0 Å². The van der Waals surface area contributed by atoms with E-state index in [0.29, 0.717) is 17.9 Å². The van der Waals surface area contributed by atoms with E-state index >= 15 is 0 Å². The van der Waals surface area contributed by atoms with Gasteiger partial charge in [-0.2, -0.15) is 5.26 Å². The van der Waals surface area contributed by atoms with Gasteiger partial charge in [0.2, 0.25) is 11.8 Å². The van der Waals surface area contributed by atoms with Crippen molar-refractivity contribution >= 4 is 33.3 Å². The Morgan fingerprint density at radius 3 is 2.46 bits per heavy atom. The summed E-state index contributed by atoms with van der Waals surface area (Å²) in [7, 11) is -3.75. The molecule has 8 nitrogen and oxygen atoms in total. The van der Waals surface area contributed by atoms with E-state index in [-0.39, 0.29) is 36.1 Å². The predicted molar refractivity (Wildman–Crippen MR) is 130 cm³/mol. The van der Waals surface area contributed by atoms with E-state index in [4.69, 9.17) is 11.6 Å². The van der Waals surface area contributed by atoms with E-state index in [1.807, 2.05) is 0 Å². The van der Waals surface area contributed by atoms with E-state index in [1.165, 1.54) is 12.1 Å². The fourth-order valence-electron chi connectivity index (χ4n) is 5.67. The van der Waals surface area contributed by atoms with Gasteiger partial charge in [-0.1, -0.05) is 24.1 Å². The van der Waals surface area contributed by atoms with E-state index in [9.17, 15) is 23.3 Å². The number of hydrogen-bond acceptors (Lipinski definition) is 6. The van der Waals surface area contributed by atoms with Crippen molar-refractivity contribution in [3.63, 3.8) is 0 Å². The molecular formula is C25H31ClN4O4S. The first kappa shape index (κ1) is 24.5. The van der Waals surface area contributed by atoms with Gasteiger partial charge in [0.05, 0.1) is 16.2 Å². The second-order valence-corrected chi connectivity index (χ2v) is 13.2. The van der Waals surface area contributed by atoms with Gasteiger partial charge in [-0.15, -0.1) is 0 Å². The molecule has 1 N–H and O–H groups in total. The molecule has 35 heavy (non-hydrogen) atoms. The number of piperidine rings is 1. The van der Waals surface area contributed by atoms with Crippen LogP contribution in [0.4, 0.5) is 0 Å². The third kappa shape index (κ3) is 4.68. The fourth-order valence-corrected chi connectivity index (χ4v) is 7.70. The molecule has 2 saturated carbocycles. The largest absolute Gasteiger partial charge is 0.338 e. The Balaban J connectivity index is 1.39.